The van der Waals surface area contributed by atoms with Gasteiger partial charge in [0.15, 0.2) is 0 Å². The second-order valence-corrected chi connectivity index (χ2v) is 6.04. The van der Waals surface area contributed by atoms with E-state index in [2.05, 4.69) is 12.2 Å². The first-order valence-electron chi connectivity index (χ1n) is 7.02. The minimum Gasteiger partial charge on any atom is -0.506 e. The van der Waals surface area contributed by atoms with Crippen LogP contribution < -0.4 is 5.32 Å². The van der Waals surface area contributed by atoms with Crippen molar-refractivity contribution in [1.29, 1.82) is 0 Å². The second kappa shape index (κ2) is 4.88. The predicted molar refractivity (Wildman–Crippen MR) is 76.8 cm³/mol. The van der Waals surface area contributed by atoms with E-state index in [1.807, 2.05) is 6.07 Å². The number of rotatable bonds is 4. The molecule has 1 aromatic carbocycles. The van der Waals surface area contributed by atoms with Gasteiger partial charge >= 0.3 is 0 Å². The maximum Gasteiger partial charge on any atom is 0.134 e. The summed E-state index contributed by atoms with van der Waals surface area (Å²) in [6.45, 7) is 2.86. The molecule has 3 rings (SSSR count). The SMILES string of the molecule is CCOC1CC(Nc2ccc(O)c(Cl)c2)C12CCC2. The molecule has 2 unspecified atom stereocenters. The fourth-order valence-corrected chi connectivity index (χ4v) is 3.62. The minimum absolute atomic E-state index is 0.131. The van der Waals surface area contributed by atoms with E-state index in [1.54, 1.807) is 12.1 Å². The number of hydrogen-bond donors (Lipinski definition) is 2. The van der Waals surface area contributed by atoms with Crippen molar-refractivity contribution in [3.63, 3.8) is 0 Å². The number of hydrogen-bond acceptors (Lipinski definition) is 3. The van der Waals surface area contributed by atoms with Crippen LogP contribution in [0.5, 0.6) is 5.75 Å². The molecule has 0 aromatic heterocycles. The number of aromatic hydroxyl groups is 1. The molecule has 4 heteroatoms. The van der Waals surface area contributed by atoms with Gasteiger partial charge in [-0.25, -0.2) is 0 Å². The first kappa shape index (κ1) is 13.1. The molecular weight excluding hydrogens is 262 g/mol. The van der Waals surface area contributed by atoms with Crippen LogP contribution in [-0.2, 0) is 4.74 Å². The molecule has 1 spiro atoms. The van der Waals surface area contributed by atoms with Crippen molar-refractivity contribution in [2.24, 2.45) is 5.41 Å². The highest BCUT2D eigenvalue weighted by Crippen LogP contribution is 2.58. The predicted octanol–water partition coefficient (Wildman–Crippen LogP) is 3.81. The lowest BCUT2D eigenvalue weighted by molar-refractivity contribution is -0.157. The Morgan fingerprint density at radius 1 is 1.47 bits per heavy atom. The molecule has 0 heterocycles. The van der Waals surface area contributed by atoms with Gasteiger partial charge in [0, 0.05) is 23.8 Å². The Morgan fingerprint density at radius 2 is 2.26 bits per heavy atom. The highest BCUT2D eigenvalue weighted by atomic mass is 35.5. The lowest BCUT2D eigenvalue weighted by Crippen LogP contribution is -2.64. The monoisotopic (exact) mass is 281 g/mol. The normalized spacial score (nSPS) is 27.7. The van der Waals surface area contributed by atoms with Gasteiger partial charge in [-0.05, 0) is 44.4 Å². The number of benzene rings is 1. The van der Waals surface area contributed by atoms with E-state index in [-0.39, 0.29) is 5.75 Å². The van der Waals surface area contributed by atoms with Crippen LogP contribution in [-0.4, -0.2) is 23.9 Å². The second-order valence-electron chi connectivity index (χ2n) is 5.63. The van der Waals surface area contributed by atoms with Crippen LogP contribution in [0.25, 0.3) is 0 Å². The Bertz CT molecular complexity index is 473. The third kappa shape index (κ3) is 2.09. The minimum atomic E-state index is 0.131. The van der Waals surface area contributed by atoms with Gasteiger partial charge in [0.25, 0.3) is 0 Å². The third-order valence-corrected chi connectivity index (χ3v) is 5.03. The van der Waals surface area contributed by atoms with Crippen LogP contribution in [0, 0.1) is 5.41 Å². The van der Waals surface area contributed by atoms with Gasteiger partial charge in [-0.2, -0.15) is 0 Å². The summed E-state index contributed by atoms with van der Waals surface area (Å²) >= 11 is 5.94. The Morgan fingerprint density at radius 3 is 2.84 bits per heavy atom. The van der Waals surface area contributed by atoms with E-state index in [4.69, 9.17) is 16.3 Å². The summed E-state index contributed by atoms with van der Waals surface area (Å²) in [7, 11) is 0. The number of halogens is 1. The fourth-order valence-electron chi connectivity index (χ4n) is 3.44. The summed E-state index contributed by atoms with van der Waals surface area (Å²) in [5, 5.41) is 13.4. The van der Waals surface area contributed by atoms with Crippen molar-refractivity contribution >= 4 is 17.3 Å². The van der Waals surface area contributed by atoms with Crippen LogP contribution in [0.4, 0.5) is 5.69 Å². The Labute approximate surface area is 118 Å². The molecule has 3 nitrogen and oxygen atoms in total. The smallest absolute Gasteiger partial charge is 0.134 e. The molecule has 0 saturated heterocycles. The van der Waals surface area contributed by atoms with Crippen LogP contribution in [0.15, 0.2) is 18.2 Å². The van der Waals surface area contributed by atoms with Crippen molar-refractivity contribution in [2.45, 2.75) is 44.8 Å². The molecule has 0 aliphatic heterocycles. The average molecular weight is 282 g/mol. The summed E-state index contributed by atoms with van der Waals surface area (Å²) in [6, 6.07) is 5.77. The summed E-state index contributed by atoms with van der Waals surface area (Å²) in [5.74, 6) is 0.131. The molecule has 2 N–H and O–H groups in total. The van der Waals surface area contributed by atoms with E-state index >= 15 is 0 Å². The van der Waals surface area contributed by atoms with Gasteiger partial charge in [-0.3, -0.25) is 0 Å². The molecular formula is C15H20ClNO2. The van der Waals surface area contributed by atoms with Gasteiger partial charge in [0.1, 0.15) is 5.75 Å². The van der Waals surface area contributed by atoms with Crippen molar-refractivity contribution in [1.82, 2.24) is 0 Å². The van der Waals surface area contributed by atoms with Crippen LogP contribution in [0.2, 0.25) is 5.02 Å². The maximum absolute atomic E-state index is 9.44. The van der Waals surface area contributed by atoms with Crippen molar-refractivity contribution < 1.29 is 9.84 Å². The van der Waals surface area contributed by atoms with Crippen molar-refractivity contribution in [2.75, 3.05) is 11.9 Å². The zero-order chi connectivity index (χ0) is 13.5. The Balaban J connectivity index is 1.69. The van der Waals surface area contributed by atoms with E-state index in [1.165, 1.54) is 19.3 Å². The van der Waals surface area contributed by atoms with Gasteiger partial charge in [0.2, 0.25) is 0 Å². The number of ether oxygens (including phenoxy) is 1. The van der Waals surface area contributed by atoms with Gasteiger partial charge in [-0.15, -0.1) is 0 Å². The largest absolute Gasteiger partial charge is 0.506 e. The molecule has 2 saturated carbocycles. The standard InChI is InChI=1S/C15H20ClNO2/c1-2-19-14-9-13(15(14)6-3-7-15)17-10-4-5-12(18)11(16)8-10/h4-5,8,13-14,17-18H,2-3,6-7,9H2,1H3. The molecule has 2 aliphatic carbocycles. The van der Waals surface area contributed by atoms with Crippen LogP contribution >= 0.6 is 11.6 Å². The third-order valence-electron chi connectivity index (χ3n) is 4.73. The molecule has 104 valence electrons. The average Bonchev–Trinajstić information content (AvgIpc) is 2.30. The molecule has 2 atom stereocenters. The summed E-state index contributed by atoms with van der Waals surface area (Å²) in [4.78, 5) is 0. The van der Waals surface area contributed by atoms with E-state index in [9.17, 15) is 5.11 Å². The summed E-state index contributed by atoms with van der Waals surface area (Å²) < 4.78 is 5.84. The lowest BCUT2D eigenvalue weighted by Gasteiger charge is -2.61. The van der Waals surface area contributed by atoms with Gasteiger partial charge in [0.05, 0.1) is 11.1 Å². The first-order valence-corrected chi connectivity index (χ1v) is 7.40. The molecule has 0 radical (unpaired) electrons. The van der Waals surface area contributed by atoms with Crippen LogP contribution in [0.3, 0.4) is 0 Å². The topological polar surface area (TPSA) is 41.5 Å². The Hall–Kier alpha value is -0.930. The fraction of sp³-hybridized carbons (Fsp3) is 0.600. The number of phenolic OH excluding ortho intramolecular Hbond substituents is 1. The number of phenols is 1. The molecule has 1 aromatic rings. The lowest BCUT2D eigenvalue weighted by atomic mass is 9.51. The maximum atomic E-state index is 9.44. The highest BCUT2D eigenvalue weighted by Gasteiger charge is 2.58. The molecule has 19 heavy (non-hydrogen) atoms. The quantitative estimate of drug-likeness (QED) is 0.825. The number of anilines is 1. The molecule has 2 fully saturated rings. The summed E-state index contributed by atoms with van der Waals surface area (Å²) in [6.07, 6.45) is 5.28. The van der Waals surface area contributed by atoms with Gasteiger partial charge < -0.3 is 15.2 Å². The zero-order valence-corrected chi connectivity index (χ0v) is 11.9. The molecule has 0 amide bonds. The van der Waals surface area contributed by atoms with Crippen LogP contribution in [0.1, 0.15) is 32.6 Å². The Kier molecular flexibility index (Phi) is 3.35. The molecule has 2 aliphatic rings. The van der Waals surface area contributed by atoms with Crippen molar-refractivity contribution in [3.8, 4) is 5.75 Å². The van der Waals surface area contributed by atoms with E-state index < -0.39 is 0 Å². The van der Waals surface area contributed by atoms with Gasteiger partial charge in [-0.1, -0.05) is 18.0 Å². The van der Waals surface area contributed by atoms with E-state index in [0.717, 1.165) is 18.7 Å². The first-order chi connectivity index (χ1) is 9.15. The molecule has 0 bridgehead atoms. The summed E-state index contributed by atoms with van der Waals surface area (Å²) in [5.41, 5.74) is 1.31. The highest BCUT2D eigenvalue weighted by molar-refractivity contribution is 6.32. The zero-order valence-electron chi connectivity index (χ0n) is 11.2. The van der Waals surface area contributed by atoms with E-state index in [0.29, 0.717) is 22.6 Å². The number of nitrogens with one attached hydrogen (secondary N) is 1. The van der Waals surface area contributed by atoms with Crippen molar-refractivity contribution in [3.05, 3.63) is 23.2 Å².